The molecular weight excluding hydrogens is 596 g/mol. The minimum atomic E-state index is -0.756. The average molecular weight is 619 g/mol. The maximum absolute atomic E-state index is 13.9. The number of rotatable bonds is 6. The number of aliphatic hydroxyl groups is 1. The molecule has 6 rings (SSSR count). The van der Waals surface area contributed by atoms with Crippen molar-refractivity contribution in [1.82, 2.24) is 0 Å². The van der Waals surface area contributed by atoms with Gasteiger partial charge in [-0.05, 0) is 64.5 Å². The van der Waals surface area contributed by atoms with E-state index in [2.05, 4.69) is 15.9 Å². The summed E-state index contributed by atoms with van der Waals surface area (Å²) >= 11 is 3.22. The molecule has 1 aliphatic heterocycles. The lowest BCUT2D eigenvalue weighted by atomic mass is 9.59. The minimum Gasteiger partial charge on any atom is -0.491 e. The molecule has 0 radical (unpaired) electrons. The van der Waals surface area contributed by atoms with Gasteiger partial charge in [-0.25, -0.2) is 0 Å². The van der Waals surface area contributed by atoms with Crippen molar-refractivity contribution in [1.29, 1.82) is 0 Å². The van der Waals surface area contributed by atoms with Crippen LogP contribution in [0, 0.1) is 27.9 Å². The van der Waals surface area contributed by atoms with E-state index in [0.29, 0.717) is 16.9 Å². The molecule has 4 atom stereocenters. The first-order valence-corrected chi connectivity index (χ1v) is 13.9. The number of imide groups is 1. The van der Waals surface area contributed by atoms with Gasteiger partial charge in [0.2, 0.25) is 11.8 Å². The number of amides is 2. The van der Waals surface area contributed by atoms with Gasteiger partial charge in [0.1, 0.15) is 12.4 Å². The third kappa shape index (κ3) is 4.36. The highest BCUT2D eigenvalue weighted by Gasteiger charge is 2.56. The van der Waals surface area contributed by atoms with Crippen molar-refractivity contribution in [3.05, 3.63) is 97.6 Å². The van der Waals surface area contributed by atoms with Gasteiger partial charge in [-0.3, -0.25) is 34.2 Å². The number of non-ortho nitro benzene ring substituents is 1. The standard InChI is InChI=1S/C30H23BrN2O8/c31-23-14-24(35)27-22(28(23)36)13-21-19(25(27)15-1-7-18(8-2-15)41-12-11-34)9-10-20-26(21)30(38)32(29(20)37)16-3-5-17(6-4-16)33(39)40/h1-9,14,20-21,25-26,34H,10-13H2. The Hall–Kier alpha value is -4.22. The highest BCUT2D eigenvalue weighted by atomic mass is 79.9. The van der Waals surface area contributed by atoms with Gasteiger partial charge >= 0.3 is 0 Å². The van der Waals surface area contributed by atoms with Crippen molar-refractivity contribution in [3.8, 4) is 5.75 Å². The molecule has 4 unspecified atom stereocenters. The van der Waals surface area contributed by atoms with E-state index in [-0.39, 0.29) is 53.5 Å². The number of nitro benzene ring substituents is 1. The number of nitro groups is 1. The Morgan fingerprint density at radius 1 is 1.00 bits per heavy atom. The van der Waals surface area contributed by atoms with Gasteiger partial charge in [0, 0.05) is 35.3 Å². The third-order valence-electron chi connectivity index (χ3n) is 8.22. The molecule has 10 nitrogen and oxygen atoms in total. The summed E-state index contributed by atoms with van der Waals surface area (Å²) in [6, 6.07) is 12.3. The molecule has 1 saturated heterocycles. The molecule has 1 fully saturated rings. The summed E-state index contributed by atoms with van der Waals surface area (Å²) < 4.78 is 5.63. The first-order chi connectivity index (χ1) is 19.7. The summed E-state index contributed by atoms with van der Waals surface area (Å²) in [6.07, 6.45) is 3.62. The second-order valence-electron chi connectivity index (χ2n) is 10.3. The molecule has 0 spiro atoms. The molecular formula is C30H23BrN2O8. The van der Waals surface area contributed by atoms with E-state index in [1.807, 2.05) is 6.08 Å². The van der Waals surface area contributed by atoms with Crippen LogP contribution in [0.3, 0.4) is 0 Å². The number of fused-ring (bicyclic) bond motifs is 3. The number of ether oxygens (including phenoxy) is 1. The number of aliphatic hydroxyl groups excluding tert-OH is 1. The Bertz CT molecular complexity index is 1610. The second-order valence-corrected chi connectivity index (χ2v) is 11.2. The number of hydrogen-bond donors (Lipinski definition) is 1. The lowest BCUT2D eigenvalue weighted by molar-refractivity contribution is -0.384. The Morgan fingerprint density at radius 2 is 1.71 bits per heavy atom. The quantitative estimate of drug-likeness (QED) is 0.169. The second kappa shape index (κ2) is 10.3. The monoisotopic (exact) mass is 618 g/mol. The van der Waals surface area contributed by atoms with Crippen LogP contribution in [0.1, 0.15) is 24.3 Å². The number of benzene rings is 2. The molecule has 4 aliphatic rings. The fraction of sp³-hybridized carbons (Fsp3) is 0.267. The van der Waals surface area contributed by atoms with Crippen molar-refractivity contribution in [2.75, 3.05) is 18.1 Å². The number of carbonyl (C=O) groups is 4. The summed E-state index contributed by atoms with van der Waals surface area (Å²) in [7, 11) is 0. The van der Waals surface area contributed by atoms with Gasteiger partial charge in [-0.2, -0.15) is 0 Å². The molecule has 3 aliphatic carbocycles. The number of ketones is 2. The number of allylic oxidation sites excluding steroid dienone is 6. The Kier molecular flexibility index (Phi) is 6.79. The van der Waals surface area contributed by atoms with Crippen molar-refractivity contribution >= 4 is 50.7 Å². The van der Waals surface area contributed by atoms with Crippen molar-refractivity contribution in [3.63, 3.8) is 0 Å². The average Bonchev–Trinajstić information content (AvgIpc) is 3.23. The molecule has 0 saturated carbocycles. The number of carbonyl (C=O) groups excluding carboxylic acids is 4. The zero-order valence-electron chi connectivity index (χ0n) is 21.5. The first-order valence-electron chi connectivity index (χ1n) is 13.1. The Morgan fingerprint density at radius 3 is 2.37 bits per heavy atom. The van der Waals surface area contributed by atoms with Gasteiger partial charge in [0.15, 0.2) is 11.6 Å². The van der Waals surface area contributed by atoms with Crippen molar-refractivity contribution < 1.29 is 33.9 Å². The Labute approximate surface area is 242 Å². The molecule has 2 aromatic rings. The highest BCUT2D eigenvalue weighted by molar-refractivity contribution is 9.12. The Balaban J connectivity index is 1.41. The van der Waals surface area contributed by atoms with Crippen molar-refractivity contribution in [2.24, 2.45) is 17.8 Å². The maximum Gasteiger partial charge on any atom is 0.269 e. The van der Waals surface area contributed by atoms with E-state index in [4.69, 9.17) is 9.84 Å². The summed E-state index contributed by atoms with van der Waals surface area (Å²) in [5.41, 5.74) is 2.34. The van der Waals surface area contributed by atoms with E-state index in [1.54, 1.807) is 24.3 Å². The number of halogens is 1. The number of hydrogen-bond acceptors (Lipinski definition) is 8. The molecule has 1 heterocycles. The summed E-state index contributed by atoms with van der Waals surface area (Å²) in [4.78, 5) is 65.7. The zero-order valence-corrected chi connectivity index (χ0v) is 23.1. The summed E-state index contributed by atoms with van der Waals surface area (Å²) in [6.45, 7) is -0.0131. The van der Waals surface area contributed by atoms with Crippen LogP contribution in [-0.4, -0.2) is 46.6 Å². The van der Waals surface area contributed by atoms with E-state index in [1.165, 1.54) is 30.3 Å². The van der Waals surface area contributed by atoms with Gasteiger partial charge in [0.25, 0.3) is 5.69 Å². The molecule has 0 bridgehead atoms. The smallest absolute Gasteiger partial charge is 0.269 e. The number of Topliss-reactive ketones (excluding diaryl/α,β-unsaturated/α-hetero) is 1. The lowest BCUT2D eigenvalue weighted by Gasteiger charge is -2.42. The molecule has 1 N–H and O–H groups in total. The fourth-order valence-electron chi connectivity index (χ4n) is 6.48. The van der Waals surface area contributed by atoms with Crippen LogP contribution in [0.4, 0.5) is 11.4 Å². The molecule has 41 heavy (non-hydrogen) atoms. The number of nitrogens with zero attached hydrogens (tertiary/aromatic N) is 2. The van der Waals surface area contributed by atoms with Crippen molar-refractivity contribution in [2.45, 2.75) is 18.8 Å². The van der Waals surface area contributed by atoms with Crippen LogP contribution in [0.25, 0.3) is 0 Å². The zero-order chi connectivity index (χ0) is 29.0. The summed E-state index contributed by atoms with van der Waals surface area (Å²) in [5, 5.41) is 20.2. The minimum absolute atomic E-state index is 0.127. The van der Waals surface area contributed by atoms with E-state index >= 15 is 0 Å². The third-order valence-corrected chi connectivity index (χ3v) is 8.81. The predicted molar refractivity (Wildman–Crippen MR) is 149 cm³/mol. The summed E-state index contributed by atoms with van der Waals surface area (Å²) in [5.74, 6) is -3.41. The molecule has 208 valence electrons. The largest absolute Gasteiger partial charge is 0.491 e. The van der Waals surface area contributed by atoms with Crippen LogP contribution >= 0.6 is 15.9 Å². The maximum atomic E-state index is 13.9. The SMILES string of the molecule is O=C1C=C(Br)C(=O)C2=C1C(c1ccc(OCCO)cc1)C1=CCC3C(=O)N(c4ccc([N+](=O)[O-])cc4)C(=O)C3C1C2. The highest BCUT2D eigenvalue weighted by Crippen LogP contribution is 2.55. The lowest BCUT2D eigenvalue weighted by Crippen LogP contribution is -2.39. The van der Waals surface area contributed by atoms with Gasteiger partial charge < -0.3 is 9.84 Å². The number of anilines is 1. The fourth-order valence-corrected chi connectivity index (χ4v) is 6.93. The normalized spacial score (nSPS) is 25.4. The van der Waals surface area contributed by atoms with Crippen LogP contribution < -0.4 is 9.64 Å². The van der Waals surface area contributed by atoms with Crippen LogP contribution in [0.5, 0.6) is 5.75 Å². The van der Waals surface area contributed by atoms with Gasteiger partial charge in [-0.15, -0.1) is 0 Å². The molecule has 0 aromatic heterocycles. The molecule has 2 amide bonds. The molecule has 2 aromatic carbocycles. The van der Waals surface area contributed by atoms with E-state index in [9.17, 15) is 29.3 Å². The van der Waals surface area contributed by atoms with Gasteiger partial charge in [0.05, 0.1) is 33.5 Å². The molecule has 11 heteroatoms. The van der Waals surface area contributed by atoms with Crippen LogP contribution in [-0.2, 0) is 19.2 Å². The predicted octanol–water partition coefficient (Wildman–Crippen LogP) is 3.93. The van der Waals surface area contributed by atoms with Crippen LogP contribution in [0.15, 0.2) is 81.9 Å². The van der Waals surface area contributed by atoms with E-state index < -0.39 is 40.4 Å². The van der Waals surface area contributed by atoms with Gasteiger partial charge in [-0.1, -0.05) is 23.8 Å². The van der Waals surface area contributed by atoms with E-state index in [0.717, 1.165) is 16.0 Å². The van der Waals surface area contributed by atoms with Crippen LogP contribution in [0.2, 0.25) is 0 Å². The first kappa shape index (κ1) is 27.0. The topological polar surface area (TPSA) is 144 Å².